The number of allylic oxidation sites excluding steroid dienone is 2. The Balaban J connectivity index is 2.45. The van der Waals surface area contributed by atoms with Gasteiger partial charge in [-0.25, -0.2) is 4.98 Å². The van der Waals surface area contributed by atoms with Crippen molar-refractivity contribution in [2.75, 3.05) is 5.32 Å². The molecule has 1 aromatic heterocycles. The first-order chi connectivity index (χ1) is 9.19. The Labute approximate surface area is 109 Å². The Kier molecular flexibility index (Phi) is 3.14. The number of nitrogens with one attached hydrogen (secondary N) is 1. The third-order valence-corrected chi connectivity index (χ3v) is 2.58. The number of anilines is 1. The fraction of sp³-hybridized carbons (Fsp3) is 0.0769. The molecule has 0 aliphatic rings. The molecule has 0 aliphatic carbocycles. The van der Waals surface area contributed by atoms with Crippen molar-refractivity contribution in [3.63, 3.8) is 0 Å². The molecule has 0 radical (unpaired) electrons. The summed E-state index contributed by atoms with van der Waals surface area (Å²) in [6, 6.07) is 10.5. The van der Waals surface area contributed by atoms with Crippen molar-refractivity contribution in [1.82, 2.24) is 9.55 Å². The van der Waals surface area contributed by atoms with E-state index in [1.54, 1.807) is 36.7 Å². The molecule has 2 aromatic rings. The van der Waals surface area contributed by atoms with Crippen LogP contribution in [0.4, 0.5) is 5.69 Å². The lowest BCUT2D eigenvalue weighted by molar-refractivity contribution is 0.948. The van der Waals surface area contributed by atoms with Gasteiger partial charge in [0.15, 0.2) is 5.57 Å². The number of benzene rings is 1. The van der Waals surface area contributed by atoms with E-state index in [0.717, 1.165) is 11.0 Å². The smallest absolute Gasteiger partial charge is 0.163 e. The maximum Gasteiger partial charge on any atom is 0.163 e. The van der Waals surface area contributed by atoms with Gasteiger partial charge in [-0.05, 0) is 18.2 Å². The number of imidazole rings is 1. The minimum Gasteiger partial charge on any atom is -0.345 e. The van der Waals surface area contributed by atoms with Crippen LogP contribution in [0, 0.1) is 34.0 Å². The molecule has 0 bridgehead atoms. The van der Waals surface area contributed by atoms with Crippen LogP contribution in [0.25, 0.3) is 11.0 Å². The van der Waals surface area contributed by atoms with Gasteiger partial charge in [-0.2, -0.15) is 15.8 Å². The highest BCUT2D eigenvalue weighted by Gasteiger charge is 2.07. The van der Waals surface area contributed by atoms with Crippen LogP contribution < -0.4 is 5.32 Å². The van der Waals surface area contributed by atoms with E-state index in [-0.39, 0.29) is 11.3 Å². The van der Waals surface area contributed by atoms with Gasteiger partial charge in [0.1, 0.15) is 23.9 Å². The van der Waals surface area contributed by atoms with Gasteiger partial charge in [0, 0.05) is 12.7 Å². The standard InChI is InChI=1S/C13H8N6/c1-19-8-17-11-3-2-10(4-13(11)19)18-12(7-16)9(5-14)6-15/h2-4,8,18H,1H3. The SMILES string of the molecule is Cn1cnc2ccc(NC(C#N)=C(C#N)C#N)cc21. The molecule has 0 unspecified atom stereocenters. The first kappa shape index (κ1) is 12.2. The van der Waals surface area contributed by atoms with Crippen LogP contribution in [0.1, 0.15) is 0 Å². The molecule has 0 saturated heterocycles. The van der Waals surface area contributed by atoms with Crippen molar-refractivity contribution in [2.45, 2.75) is 0 Å². The number of nitrogens with zero attached hydrogens (tertiary/aromatic N) is 5. The van der Waals surface area contributed by atoms with E-state index >= 15 is 0 Å². The quantitative estimate of drug-likeness (QED) is 0.816. The summed E-state index contributed by atoms with van der Waals surface area (Å²) in [6.45, 7) is 0. The maximum absolute atomic E-state index is 8.96. The zero-order valence-corrected chi connectivity index (χ0v) is 10.0. The highest BCUT2D eigenvalue weighted by molar-refractivity contribution is 5.80. The van der Waals surface area contributed by atoms with E-state index in [0.29, 0.717) is 5.69 Å². The number of fused-ring (bicyclic) bond motifs is 1. The summed E-state index contributed by atoms with van der Waals surface area (Å²) < 4.78 is 1.84. The molecule has 0 amide bonds. The first-order valence-corrected chi connectivity index (χ1v) is 5.32. The number of hydrogen-bond donors (Lipinski definition) is 1. The molecule has 0 atom stereocenters. The summed E-state index contributed by atoms with van der Waals surface area (Å²) in [7, 11) is 1.86. The number of aryl methyl sites for hydroxylation is 1. The van der Waals surface area contributed by atoms with Crippen LogP contribution in [0.3, 0.4) is 0 Å². The summed E-state index contributed by atoms with van der Waals surface area (Å²) in [5.74, 6) is 0. The molecule has 1 heterocycles. The van der Waals surface area contributed by atoms with E-state index in [4.69, 9.17) is 15.8 Å². The molecule has 19 heavy (non-hydrogen) atoms. The molecule has 0 aliphatic heterocycles. The fourth-order valence-electron chi connectivity index (χ4n) is 1.63. The molecular weight excluding hydrogens is 240 g/mol. The van der Waals surface area contributed by atoms with E-state index in [1.165, 1.54) is 0 Å². The van der Waals surface area contributed by atoms with Crippen LogP contribution in [0.5, 0.6) is 0 Å². The fourth-order valence-corrected chi connectivity index (χ4v) is 1.63. The lowest BCUT2D eigenvalue weighted by Crippen LogP contribution is -2.00. The lowest BCUT2D eigenvalue weighted by Gasteiger charge is -2.05. The van der Waals surface area contributed by atoms with Crippen molar-refractivity contribution in [3.05, 3.63) is 35.8 Å². The molecule has 2 rings (SSSR count). The number of aromatic nitrogens is 2. The van der Waals surface area contributed by atoms with Crippen molar-refractivity contribution >= 4 is 16.7 Å². The van der Waals surface area contributed by atoms with Crippen molar-refractivity contribution < 1.29 is 0 Å². The largest absolute Gasteiger partial charge is 0.345 e. The van der Waals surface area contributed by atoms with Gasteiger partial charge in [-0.1, -0.05) is 0 Å². The molecule has 0 spiro atoms. The first-order valence-electron chi connectivity index (χ1n) is 5.32. The molecular formula is C13H8N6. The van der Waals surface area contributed by atoms with Gasteiger partial charge in [0.05, 0.1) is 17.4 Å². The van der Waals surface area contributed by atoms with Crippen LogP contribution in [0.2, 0.25) is 0 Å². The summed E-state index contributed by atoms with van der Waals surface area (Å²) in [6.07, 6.45) is 1.69. The van der Waals surface area contributed by atoms with Gasteiger partial charge >= 0.3 is 0 Å². The minimum atomic E-state index is -0.243. The molecule has 1 aromatic carbocycles. The van der Waals surface area contributed by atoms with Gasteiger partial charge in [-0.15, -0.1) is 0 Å². The molecule has 0 fully saturated rings. The Morgan fingerprint density at radius 1 is 1.21 bits per heavy atom. The van der Waals surface area contributed by atoms with Gasteiger partial charge in [0.25, 0.3) is 0 Å². The Morgan fingerprint density at radius 2 is 1.95 bits per heavy atom. The van der Waals surface area contributed by atoms with E-state index in [2.05, 4.69) is 10.3 Å². The van der Waals surface area contributed by atoms with E-state index < -0.39 is 0 Å². The third-order valence-electron chi connectivity index (χ3n) is 2.58. The van der Waals surface area contributed by atoms with Crippen LogP contribution >= 0.6 is 0 Å². The monoisotopic (exact) mass is 248 g/mol. The average Bonchev–Trinajstić information content (AvgIpc) is 2.80. The lowest BCUT2D eigenvalue weighted by atomic mass is 10.2. The number of nitriles is 3. The van der Waals surface area contributed by atoms with E-state index in [9.17, 15) is 0 Å². The second kappa shape index (κ2) is 4.91. The van der Waals surface area contributed by atoms with Gasteiger partial charge < -0.3 is 9.88 Å². The topological polar surface area (TPSA) is 101 Å². The summed E-state index contributed by atoms with van der Waals surface area (Å²) in [5, 5.41) is 29.2. The summed E-state index contributed by atoms with van der Waals surface area (Å²) in [5.41, 5.74) is 2.03. The van der Waals surface area contributed by atoms with Crippen molar-refractivity contribution in [1.29, 1.82) is 15.8 Å². The highest BCUT2D eigenvalue weighted by atomic mass is 15.0. The number of hydrogen-bond acceptors (Lipinski definition) is 5. The molecule has 6 nitrogen and oxygen atoms in total. The predicted octanol–water partition coefficient (Wildman–Crippen LogP) is 1.81. The second-order valence-electron chi connectivity index (χ2n) is 3.77. The second-order valence-corrected chi connectivity index (χ2v) is 3.77. The zero-order valence-electron chi connectivity index (χ0n) is 10.0. The summed E-state index contributed by atoms with van der Waals surface area (Å²) in [4.78, 5) is 4.18. The summed E-state index contributed by atoms with van der Waals surface area (Å²) >= 11 is 0. The Bertz CT molecular complexity index is 775. The average molecular weight is 248 g/mol. The normalized spacial score (nSPS) is 9.16. The predicted molar refractivity (Wildman–Crippen MR) is 68.2 cm³/mol. The third kappa shape index (κ3) is 2.22. The van der Waals surface area contributed by atoms with Crippen LogP contribution in [-0.4, -0.2) is 9.55 Å². The van der Waals surface area contributed by atoms with Gasteiger partial charge in [0.2, 0.25) is 0 Å². The zero-order chi connectivity index (χ0) is 13.8. The van der Waals surface area contributed by atoms with E-state index in [1.807, 2.05) is 17.7 Å². The molecule has 0 saturated carbocycles. The highest BCUT2D eigenvalue weighted by Crippen LogP contribution is 2.19. The maximum atomic E-state index is 8.96. The van der Waals surface area contributed by atoms with Gasteiger partial charge in [-0.3, -0.25) is 0 Å². The van der Waals surface area contributed by atoms with Crippen LogP contribution in [0.15, 0.2) is 35.8 Å². The Hall–Kier alpha value is -3.30. The van der Waals surface area contributed by atoms with Crippen LogP contribution in [-0.2, 0) is 7.05 Å². The Morgan fingerprint density at radius 3 is 2.58 bits per heavy atom. The number of rotatable bonds is 2. The minimum absolute atomic E-state index is 0.0634. The molecule has 1 N–H and O–H groups in total. The van der Waals surface area contributed by atoms with Crippen molar-refractivity contribution in [3.8, 4) is 18.2 Å². The molecule has 6 heteroatoms. The molecule has 90 valence electrons. The van der Waals surface area contributed by atoms with Crippen molar-refractivity contribution in [2.24, 2.45) is 7.05 Å².